The van der Waals surface area contributed by atoms with E-state index >= 15 is 0 Å². The molecule has 1 aliphatic heterocycles. The van der Waals surface area contributed by atoms with Gasteiger partial charge in [0, 0.05) is 18.0 Å². The molecule has 118 valence electrons. The molecule has 0 radical (unpaired) electrons. The Morgan fingerprint density at radius 2 is 1.90 bits per heavy atom. The predicted molar refractivity (Wildman–Crippen MR) is 87.3 cm³/mol. The summed E-state index contributed by atoms with van der Waals surface area (Å²) in [6.07, 6.45) is 4.59. The number of benzene rings is 1. The lowest BCUT2D eigenvalue weighted by atomic mass is 10.1. The molecule has 0 N–H and O–H groups in total. The third kappa shape index (κ3) is 3.61. The van der Waals surface area contributed by atoms with Crippen molar-refractivity contribution in [2.24, 2.45) is 0 Å². The molecule has 0 aliphatic carbocycles. The Kier molecular flexibility index (Phi) is 5.69. The van der Waals surface area contributed by atoms with Crippen LogP contribution in [0.15, 0.2) is 29.2 Å². The van der Waals surface area contributed by atoms with Crippen molar-refractivity contribution in [1.29, 1.82) is 0 Å². The fraction of sp³-hybridized carbons (Fsp3) is 0.625. The van der Waals surface area contributed by atoms with Crippen molar-refractivity contribution >= 4 is 21.6 Å². The van der Waals surface area contributed by atoms with Gasteiger partial charge in [-0.05, 0) is 56.7 Å². The fourth-order valence-electron chi connectivity index (χ4n) is 3.09. The molecular weight excluding hydrogens is 306 g/mol. The Morgan fingerprint density at radius 3 is 2.48 bits per heavy atom. The van der Waals surface area contributed by atoms with Crippen LogP contribution < -0.4 is 0 Å². The van der Waals surface area contributed by atoms with E-state index in [0.29, 0.717) is 10.8 Å². The molecule has 1 aliphatic rings. The van der Waals surface area contributed by atoms with Gasteiger partial charge in [0.05, 0.1) is 4.90 Å². The molecule has 2 rings (SSSR count). The maximum atomic E-state index is 12.8. The van der Waals surface area contributed by atoms with Crippen LogP contribution in [-0.2, 0) is 16.4 Å². The summed E-state index contributed by atoms with van der Waals surface area (Å²) in [5.41, 5.74) is 1.14. The van der Waals surface area contributed by atoms with Crippen molar-refractivity contribution in [3.63, 3.8) is 0 Å². The van der Waals surface area contributed by atoms with Gasteiger partial charge in [-0.25, -0.2) is 8.42 Å². The van der Waals surface area contributed by atoms with E-state index in [2.05, 4.69) is 6.92 Å². The maximum absolute atomic E-state index is 12.8. The first-order chi connectivity index (χ1) is 10.0. The van der Waals surface area contributed by atoms with Gasteiger partial charge in [0.25, 0.3) is 0 Å². The van der Waals surface area contributed by atoms with Crippen LogP contribution in [0.3, 0.4) is 0 Å². The Hall–Kier alpha value is -0.580. The quantitative estimate of drug-likeness (QED) is 0.744. The van der Waals surface area contributed by atoms with Gasteiger partial charge in [0.1, 0.15) is 0 Å². The minimum atomic E-state index is -3.38. The Bertz CT molecular complexity index is 556. The molecule has 2 unspecified atom stereocenters. The van der Waals surface area contributed by atoms with Crippen molar-refractivity contribution in [1.82, 2.24) is 4.31 Å². The number of rotatable bonds is 6. The molecule has 0 aromatic heterocycles. The smallest absolute Gasteiger partial charge is 0.207 e. The van der Waals surface area contributed by atoms with Gasteiger partial charge in [-0.3, -0.25) is 0 Å². The topological polar surface area (TPSA) is 37.4 Å². The first kappa shape index (κ1) is 16.8. The Balaban J connectivity index is 2.22. The molecule has 1 aromatic rings. The molecular formula is C16H24ClNO2S. The highest BCUT2D eigenvalue weighted by atomic mass is 35.5. The summed E-state index contributed by atoms with van der Waals surface area (Å²) in [6.45, 7) is 4.06. The minimum Gasteiger partial charge on any atom is -0.207 e. The average Bonchev–Trinajstić information content (AvgIpc) is 2.87. The monoisotopic (exact) mass is 329 g/mol. The molecule has 1 saturated heterocycles. The summed E-state index contributed by atoms with van der Waals surface area (Å²) in [4.78, 5) is 0.407. The second-order valence-corrected chi connectivity index (χ2v) is 7.98. The molecule has 1 heterocycles. The van der Waals surface area contributed by atoms with E-state index in [9.17, 15) is 8.42 Å². The van der Waals surface area contributed by atoms with E-state index in [0.717, 1.165) is 37.7 Å². The molecule has 1 fully saturated rings. The van der Waals surface area contributed by atoms with Gasteiger partial charge in [-0.2, -0.15) is 4.31 Å². The number of nitrogens with zero attached hydrogens (tertiary/aromatic N) is 1. The van der Waals surface area contributed by atoms with Gasteiger partial charge in [-0.15, -0.1) is 11.6 Å². The van der Waals surface area contributed by atoms with Crippen LogP contribution in [0.5, 0.6) is 0 Å². The number of alkyl halides is 1. The zero-order valence-electron chi connectivity index (χ0n) is 12.8. The lowest BCUT2D eigenvalue weighted by Crippen LogP contribution is -2.39. The van der Waals surface area contributed by atoms with Crippen molar-refractivity contribution < 1.29 is 8.42 Å². The predicted octanol–water partition coefficient (Wildman–Crippen LogP) is 3.81. The first-order valence-electron chi connectivity index (χ1n) is 7.69. The summed E-state index contributed by atoms with van der Waals surface area (Å²) >= 11 is 5.69. The van der Waals surface area contributed by atoms with Gasteiger partial charge in [0.2, 0.25) is 10.0 Å². The average molecular weight is 330 g/mol. The van der Waals surface area contributed by atoms with Gasteiger partial charge >= 0.3 is 0 Å². The highest BCUT2D eigenvalue weighted by molar-refractivity contribution is 7.89. The molecule has 2 atom stereocenters. The highest BCUT2D eigenvalue weighted by Crippen LogP contribution is 2.32. The van der Waals surface area contributed by atoms with Crippen molar-refractivity contribution in [3.8, 4) is 0 Å². The van der Waals surface area contributed by atoms with Crippen molar-refractivity contribution in [3.05, 3.63) is 29.8 Å². The first-order valence-corrected chi connectivity index (χ1v) is 9.66. The molecule has 5 heteroatoms. The largest absolute Gasteiger partial charge is 0.243 e. The van der Waals surface area contributed by atoms with Crippen LogP contribution in [0, 0.1) is 0 Å². The van der Waals surface area contributed by atoms with Crippen LogP contribution in [0.1, 0.15) is 45.1 Å². The van der Waals surface area contributed by atoms with Crippen LogP contribution in [0.25, 0.3) is 0 Å². The summed E-state index contributed by atoms with van der Waals surface area (Å²) in [7, 11) is -3.38. The van der Waals surface area contributed by atoms with Gasteiger partial charge in [-0.1, -0.05) is 19.1 Å². The standard InChI is InChI=1S/C16H24ClNO2S/c1-3-15-9-6-13(2)18(15)21(19,20)16-10-7-14(8-11-16)5-4-12-17/h7-8,10-11,13,15H,3-6,9,12H2,1-2H3. The highest BCUT2D eigenvalue weighted by Gasteiger charge is 2.38. The zero-order valence-corrected chi connectivity index (χ0v) is 14.3. The minimum absolute atomic E-state index is 0.0934. The van der Waals surface area contributed by atoms with Crippen LogP contribution in [0.4, 0.5) is 0 Å². The molecule has 0 spiro atoms. The second kappa shape index (κ2) is 7.12. The van der Waals surface area contributed by atoms with Crippen LogP contribution in [0.2, 0.25) is 0 Å². The van der Waals surface area contributed by atoms with Crippen LogP contribution in [-0.4, -0.2) is 30.7 Å². The van der Waals surface area contributed by atoms with E-state index in [-0.39, 0.29) is 12.1 Å². The van der Waals surface area contributed by atoms with E-state index in [1.165, 1.54) is 0 Å². The third-order valence-corrected chi connectivity index (χ3v) is 6.63. The normalized spacial score (nSPS) is 23.6. The number of hydrogen-bond donors (Lipinski definition) is 0. The van der Waals surface area contributed by atoms with Gasteiger partial charge < -0.3 is 0 Å². The van der Waals surface area contributed by atoms with Gasteiger partial charge in [0.15, 0.2) is 0 Å². The SMILES string of the molecule is CCC1CCC(C)N1S(=O)(=O)c1ccc(CCCCl)cc1. The fourth-order valence-corrected chi connectivity index (χ4v) is 5.17. The van der Waals surface area contributed by atoms with Crippen molar-refractivity contribution in [2.75, 3.05) is 5.88 Å². The summed E-state index contributed by atoms with van der Waals surface area (Å²) in [5, 5.41) is 0. The molecule has 21 heavy (non-hydrogen) atoms. The second-order valence-electron chi connectivity index (χ2n) is 5.76. The number of hydrogen-bond acceptors (Lipinski definition) is 2. The van der Waals surface area contributed by atoms with E-state index in [1.807, 2.05) is 19.1 Å². The molecule has 1 aromatic carbocycles. The van der Waals surface area contributed by atoms with E-state index < -0.39 is 10.0 Å². The lowest BCUT2D eigenvalue weighted by Gasteiger charge is -2.27. The van der Waals surface area contributed by atoms with Crippen LogP contribution >= 0.6 is 11.6 Å². The maximum Gasteiger partial charge on any atom is 0.243 e. The molecule has 0 bridgehead atoms. The summed E-state index contributed by atoms with van der Waals surface area (Å²) in [5.74, 6) is 0.628. The lowest BCUT2D eigenvalue weighted by molar-refractivity contribution is 0.328. The van der Waals surface area contributed by atoms with E-state index in [4.69, 9.17) is 11.6 Å². The van der Waals surface area contributed by atoms with Crippen molar-refractivity contribution in [2.45, 2.75) is 62.9 Å². The molecule has 3 nitrogen and oxygen atoms in total. The summed E-state index contributed by atoms with van der Waals surface area (Å²) in [6, 6.07) is 7.51. The molecule has 0 saturated carbocycles. The third-order valence-electron chi connectivity index (χ3n) is 4.28. The summed E-state index contributed by atoms with van der Waals surface area (Å²) < 4.78 is 27.4. The zero-order chi connectivity index (χ0) is 15.5. The number of sulfonamides is 1. The Labute approximate surface area is 133 Å². The van der Waals surface area contributed by atoms with E-state index in [1.54, 1.807) is 16.4 Å². The Morgan fingerprint density at radius 1 is 1.24 bits per heavy atom. The number of aryl methyl sites for hydroxylation is 1. The number of halogens is 1. The molecule has 0 amide bonds.